The Hall–Kier alpha value is -0.0900. The molecule has 0 bridgehead atoms. The van der Waals surface area contributed by atoms with Gasteiger partial charge in [-0.2, -0.15) is 0 Å². The van der Waals surface area contributed by atoms with Crippen LogP contribution in [0.5, 0.6) is 0 Å². The molecule has 1 aliphatic rings. The Morgan fingerprint density at radius 1 is 1.62 bits per heavy atom. The lowest BCUT2D eigenvalue weighted by Crippen LogP contribution is -2.19. The molecule has 1 aromatic rings. The van der Waals surface area contributed by atoms with Crippen molar-refractivity contribution >= 4 is 22.9 Å². The minimum absolute atomic E-state index is 0.212. The molecule has 0 amide bonds. The van der Waals surface area contributed by atoms with Crippen molar-refractivity contribution in [2.75, 3.05) is 13.1 Å². The summed E-state index contributed by atoms with van der Waals surface area (Å²) in [5.74, 6) is 0.326. The molecule has 2 atom stereocenters. The Kier molecular flexibility index (Phi) is 2.89. The van der Waals surface area contributed by atoms with Crippen LogP contribution in [-0.2, 0) is 6.42 Å². The number of nitrogens with one attached hydrogen (secondary N) is 1. The van der Waals surface area contributed by atoms with Crippen molar-refractivity contribution in [1.82, 2.24) is 5.32 Å². The van der Waals surface area contributed by atoms with Crippen LogP contribution < -0.4 is 5.32 Å². The molecule has 2 nitrogen and oxygen atoms in total. The van der Waals surface area contributed by atoms with Gasteiger partial charge in [0.25, 0.3) is 0 Å². The Bertz CT molecular complexity index is 289. The molecular weight excluding hydrogens is 206 g/mol. The molecule has 2 heterocycles. The molecule has 1 fully saturated rings. The molecule has 1 saturated heterocycles. The Morgan fingerprint density at radius 2 is 2.46 bits per heavy atom. The predicted molar refractivity (Wildman–Crippen MR) is 55.4 cm³/mol. The molecule has 0 saturated carbocycles. The molecule has 13 heavy (non-hydrogen) atoms. The lowest BCUT2D eigenvalue weighted by atomic mass is 9.99. The summed E-state index contributed by atoms with van der Waals surface area (Å²) in [6.07, 6.45) is 0.673. The van der Waals surface area contributed by atoms with E-state index in [1.54, 1.807) is 11.3 Å². The van der Waals surface area contributed by atoms with Gasteiger partial charge in [0.15, 0.2) is 0 Å². The van der Waals surface area contributed by atoms with E-state index in [1.165, 1.54) is 5.56 Å². The first-order valence-corrected chi connectivity index (χ1v) is 5.64. The van der Waals surface area contributed by atoms with E-state index in [1.807, 2.05) is 11.4 Å². The Balaban J connectivity index is 2.01. The van der Waals surface area contributed by atoms with Crippen LogP contribution in [0, 0.1) is 5.92 Å². The van der Waals surface area contributed by atoms with Gasteiger partial charge in [-0.25, -0.2) is 0 Å². The van der Waals surface area contributed by atoms with Gasteiger partial charge in [0.05, 0.1) is 10.4 Å². The number of halogens is 1. The molecule has 1 aromatic heterocycles. The molecular formula is C9H12ClNOS. The van der Waals surface area contributed by atoms with Gasteiger partial charge < -0.3 is 10.4 Å². The van der Waals surface area contributed by atoms with Gasteiger partial charge in [0.1, 0.15) is 0 Å². The normalized spacial score (nSPS) is 28.2. The zero-order valence-electron chi connectivity index (χ0n) is 7.16. The molecule has 2 N–H and O–H groups in total. The zero-order chi connectivity index (χ0) is 9.26. The summed E-state index contributed by atoms with van der Waals surface area (Å²) in [6.45, 7) is 1.61. The maximum atomic E-state index is 9.58. The standard InChI is InChI=1S/C9H12ClNOS/c10-9-6(1-2-13-9)3-7-4-11-5-8(7)12/h1-2,7-8,11-12H,3-5H2/t7-,8-/m1/s1. The molecule has 0 aliphatic carbocycles. The lowest BCUT2D eigenvalue weighted by molar-refractivity contribution is 0.148. The molecule has 0 aromatic carbocycles. The van der Waals surface area contributed by atoms with Crippen LogP contribution in [0.1, 0.15) is 5.56 Å². The number of hydrogen-bond donors (Lipinski definition) is 2. The maximum Gasteiger partial charge on any atom is 0.0960 e. The van der Waals surface area contributed by atoms with Gasteiger partial charge in [-0.3, -0.25) is 0 Å². The highest BCUT2D eigenvalue weighted by Crippen LogP contribution is 2.26. The first-order chi connectivity index (χ1) is 6.27. The molecule has 0 spiro atoms. The molecule has 4 heteroatoms. The second-order valence-electron chi connectivity index (χ2n) is 3.41. The first kappa shape index (κ1) is 9.46. The molecule has 1 aliphatic heterocycles. The topological polar surface area (TPSA) is 32.3 Å². The summed E-state index contributed by atoms with van der Waals surface area (Å²) in [7, 11) is 0. The van der Waals surface area contributed by atoms with Crippen molar-refractivity contribution in [3.8, 4) is 0 Å². The number of thiophene rings is 1. The summed E-state index contributed by atoms with van der Waals surface area (Å²) >= 11 is 7.53. The molecule has 2 rings (SSSR count). The molecule has 0 radical (unpaired) electrons. The van der Waals surface area contributed by atoms with Crippen LogP contribution in [0.25, 0.3) is 0 Å². The van der Waals surface area contributed by atoms with Crippen molar-refractivity contribution in [1.29, 1.82) is 0 Å². The van der Waals surface area contributed by atoms with E-state index in [9.17, 15) is 5.11 Å². The van der Waals surface area contributed by atoms with Crippen LogP contribution in [0.2, 0.25) is 4.34 Å². The monoisotopic (exact) mass is 217 g/mol. The smallest absolute Gasteiger partial charge is 0.0960 e. The minimum Gasteiger partial charge on any atom is -0.391 e. The van der Waals surface area contributed by atoms with Gasteiger partial charge in [0, 0.05) is 19.0 Å². The second kappa shape index (κ2) is 3.96. The minimum atomic E-state index is -0.212. The fraction of sp³-hybridized carbons (Fsp3) is 0.556. The number of aliphatic hydroxyl groups is 1. The summed E-state index contributed by atoms with van der Waals surface area (Å²) < 4.78 is 0.860. The highest BCUT2D eigenvalue weighted by molar-refractivity contribution is 7.14. The van der Waals surface area contributed by atoms with E-state index in [2.05, 4.69) is 5.32 Å². The molecule has 0 unspecified atom stereocenters. The van der Waals surface area contributed by atoms with Crippen molar-refractivity contribution < 1.29 is 5.11 Å². The first-order valence-electron chi connectivity index (χ1n) is 4.38. The summed E-state index contributed by atoms with van der Waals surface area (Å²) in [4.78, 5) is 0. The highest BCUT2D eigenvalue weighted by atomic mass is 35.5. The van der Waals surface area contributed by atoms with Gasteiger partial charge in [0.2, 0.25) is 0 Å². The average Bonchev–Trinajstić information content (AvgIpc) is 2.65. The fourth-order valence-corrected chi connectivity index (χ4v) is 2.62. The van der Waals surface area contributed by atoms with Crippen LogP contribution in [0.3, 0.4) is 0 Å². The fourth-order valence-electron chi connectivity index (χ4n) is 1.68. The maximum absolute atomic E-state index is 9.58. The van der Waals surface area contributed by atoms with E-state index in [0.29, 0.717) is 12.5 Å². The van der Waals surface area contributed by atoms with E-state index in [-0.39, 0.29) is 6.10 Å². The third-order valence-electron chi connectivity index (χ3n) is 2.48. The predicted octanol–water partition coefficient (Wildman–Crippen LogP) is 1.52. The van der Waals surface area contributed by atoms with Crippen molar-refractivity contribution in [2.45, 2.75) is 12.5 Å². The van der Waals surface area contributed by atoms with Crippen LogP contribution in [0.4, 0.5) is 0 Å². The van der Waals surface area contributed by atoms with Gasteiger partial charge in [-0.05, 0) is 23.4 Å². The third-order valence-corrected chi connectivity index (χ3v) is 3.73. The number of aliphatic hydroxyl groups excluding tert-OH is 1. The summed E-state index contributed by atoms with van der Waals surface area (Å²) in [5.41, 5.74) is 1.17. The quantitative estimate of drug-likeness (QED) is 0.788. The largest absolute Gasteiger partial charge is 0.391 e. The number of rotatable bonds is 2. The van der Waals surface area contributed by atoms with Crippen LogP contribution >= 0.6 is 22.9 Å². The van der Waals surface area contributed by atoms with Crippen molar-refractivity contribution in [3.63, 3.8) is 0 Å². The third kappa shape index (κ3) is 2.05. The van der Waals surface area contributed by atoms with Crippen molar-refractivity contribution in [2.24, 2.45) is 5.92 Å². The zero-order valence-corrected chi connectivity index (χ0v) is 8.74. The van der Waals surface area contributed by atoms with Crippen molar-refractivity contribution in [3.05, 3.63) is 21.3 Å². The Morgan fingerprint density at radius 3 is 3.00 bits per heavy atom. The highest BCUT2D eigenvalue weighted by Gasteiger charge is 2.25. The average molecular weight is 218 g/mol. The van der Waals surface area contributed by atoms with Crippen LogP contribution in [0.15, 0.2) is 11.4 Å². The number of β-amino-alcohol motifs (C(OH)–C–C–N with tert-alkyl or cyclic N) is 1. The summed E-state index contributed by atoms with van der Waals surface area (Å²) in [6, 6.07) is 2.04. The van der Waals surface area contributed by atoms with Gasteiger partial charge in [-0.15, -0.1) is 11.3 Å². The summed E-state index contributed by atoms with van der Waals surface area (Å²) in [5, 5.41) is 14.7. The second-order valence-corrected chi connectivity index (χ2v) is 4.93. The Labute approximate surface area is 86.5 Å². The lowest BCUT2D eigenvalue weighted by Gasteiger charge is -2.11. The molecule has 72 valence electrons. The van der Waals surface area contributed by atoms with Crippen LogP contribution in [-0.4, -0.2) is 24.3 Å². The van der Waals surface area contributed by atoms with Gasteiger partial charge in [-0.1, -0.05) is 11.6 Å². The van der Waals surface area contributed by atoms with Gasteiger partial charge >= 0.3 is 0 Å². The van der Waals surface area contributed by atoms with E-state index >= 15 is 0 Å². The van der Waals surface area contributed by atoms with E-state index < -0.39 is 0 Å². The SMILES string of the molecule is O[C@@H]1CNC[C@H]1Cc1ccsc1Cl. The van der Waals surface area contributed by atoms with E-state index in [0.717, 1.165) is 17.3 Å². The van der Waals surface area contributed by atoms with E-state index in [4.69, 9.17) is 11.6 Å². The number of hydrogen-bond acceptors (Lipinski definition) is 3.